The first-order chi connectivity index (χ1) is 8.88. The van der Waals surface area contributed by atoms with Gasteiger partial charge >= 0.3 is 6.09 Å². The fourth-order valence-electron chi connectivity index (χ4n) is 1.50. The van der Waals surface area contributed by atoms with Gasteiger partial charge in [0.1, 0.15) is 12.3 Å². The van der Waals surface area contributed by atoms with E-state index in [0.29, 0.717) is 26.1 Å². The van der Waals surface area contributed by atoms with Crippen molar-refractivity contribution >= 4 is 12.0 Å². The zero-order valence-electron chi connectivity index (χ0n) is 11.8. The van der Waals surface area contributed by atoms with E-state index in [4.69, 9.17) is 9.47 Å². The lowest BCUT2D eigenvalue weighted by Crippen LogP contribution is -2.36. The van der Waals surface area contributed by atoms with Crippen molar-refractivity contribution in [1.82, 2.24) is 10.2 Å². The van der Waals surface area contributed by atoms with Crippen LogP contribution in [0.2, 0.25) is 0 Å². The molecule has 0 aliphatic carbocycles. The summed E-state index contributed by atoms with van der Waals surface area (Å²) in [6.07, 6.45) is 3.42. The Morgan fingerprint density at radius 1 is 1.53 bits per heavy atom. The number of amides is 2. The molecular formula is C13H22N2O4. The average Bonchev–Trinajstić information content (AvgIpc) is 2.47. The maximum Gasteiger partial charge on any atom is 0.407 e. The molecule has 0 saturated carbocycles. The van der Waals surface area contributed by atoms with E-state index in [1.165, 1.54) is 6.08 Å². The number of hydrogen-bond acceptors (Lipinski definition) is 4. The summed E-state index contributed by atoms with van der Waals surface area (Å²) in [7, 11) is 0. The summed E-state index contributed by atoms with van der Waals surface area (Å²) in [5, 5.41) is 2.65. The topological polar surface area (TPSA) is 67.9 Å². The van der Waals surface area contributed by atoms with Crippen molar-refractivity contribution in [2.24, 2.45) is 0 Å². The number of ether oxygens (including phenoxy) is 2. The van der Waals surface area contributed by atoms with E-state index in [2.05, 4.69) is 5.32 Å². The van der Waals surface area contributed by atoms with Crippen LogP contribution in [0.15, 0.2) is 12.2 Å². The highest BCUT2D eigenvalue weighted by molar-refractivity contribution is 5.87. The van der Waals surface area contributed by atoms with Crippen LogP contribution in [0.5, 0.6) is 0 Å². The van der Waals surface area contributed by atoms with Crippen molar-refractivity contribution < 1.29 is 19.1 Å². The molecule has 1 N–H and O–H groups in total. The molecule has 1 aliphatic heterocycles. The molecule has 19 heavy (non-hydrogen) atoms. The van der Waals surface area contributed by atoms with Crippen LogP contribution in [0.25, 0.3) is 0 Å². The highest BCUT2D eigenvalue weighted by atomic mass is 16.6. The second-order valence-corrected chi connectivity index (χ2v) is 5.29. The van der Waals surface area contributed by atoms with E-state index in [-0.39, 0.29) is 12.6 Å². The minimum absolute atomic E-state index is 0.0604. The van der Waals surface area contributed by atoms with E-state index in [1.54, 1.807) is 11.0 Å². The van der Waals surface area contributed by atoms with Gasteiger partial charge in [-0.25, -0.2) is 4.79 Å². The maximum absolute atomic E-state index is 11.6. The quantitative estimate of drug-likeness (QED) is 0.781. The van der Waals surface area contributed by atoms with E-state index in [0.717, 1.165) is 0 Å². The predicted molar refractivity (Wildman–Crippen MR) is 70.5 cm³/mol. The number of nitrogens with one attached hydrogen (secondary N) is 1. The van der Waals surface area contributed by atoms with E-state index >= 15 is 0 Å². The summed E-state index contributed by atoms with van der Waals surface area (Å²) in [5.41, 5.74) is -0.497. The van der Waals surface area contributed by atoms with Crippen molar-refractivity contribution in [1.29, 1.82) is 0 Å². The van der Waals surface area contributed by atoms with Crippen molar-refractivity contribution in [2.45, 2.75) is 32.8 Å². The Morgan fingerprint density at radius 2 is 2.26 bits per heavy atom. The van der Waals surface area contributed by atoms with E-state index in [9.17, 15) is 9.59 Å². The summed E-state index contributed by atoms with van der Waals surface area (Å²) in [6, 6.07) is 0. The number of rotatable bonds is 4. The Morgan fingerprint density at radius 3 is 2.95 bits per heavy atom. The Hall–Kier alpha value is -1.56. The van der Waals surface area contributed by atoms with Gasteiger partial charge in [-0.1, -0.05) is 6.08 Å². The number of alkyl carbamates (subject to hydrolysis) is 1. The molecule has 0 fully saturated rings. The first-order valence-electron chi connectivity index (χ1n) is 6.38. The van der Waals surface area contributed by atoms with Crippen LogP contribution >= 0.6 is 0 Å². The Kier molecular flexibility index (Phi) is 5.82. The summed E-state index contributed by atoms with van der Waals surface area (Å²) >= 11 is 0. The van der Waals surface area contributed by atoms with Crippen molar-refractivity contribution in [3.63, 3.8) is 0 Å². The molecule has 0 radical (unpaired) electrons. The van der Waals surface area contributed by atoms with Crippen LogP contribution < -0.4 is 5.32 Å². The molecule has 1 aliphatic rings. The van der Waals surface area contributed by atoms with E-state index < -0.39 is 11.7 Å². The van der Waals surface area contributed by atoms with Crippen LogP contribution in [0, 0.1) is 0 Å². The monoisotopic (exact) mass is 270 g/mol. The molecule has 0 atom stereocenters. The molecule has 0 aromatic carbocycles. The van der Waals surface area contributed by atoms with Gasteiger partial charge in [-0.15, -0.1) is 0 Å². The fourth-order valence-corrected chi connectivity index (χ4v) is 1.50. The summed E-state index contributed by atoms with van der Waals surface area (Å²) in [5.74, 6) is -0.0604. The Labute approximate surface area is 113 Å². The van der Waals surface area contributed by atoms with Gasteiger partial charge in [0.2, 0.25) is 5.91 Å². The summed E-state index contributed by atoms with van der Waals surface area (Å²) in [4.78, 5) is 24.6. The smallest absolute Gasteiger partial charge is 0.407 e. The Bertz CT molecular complexity index is 347. The second-order valence-electron chi connectivity index (χ2n) is 5.29. The molecule has 0 aromatic rings. The normalized spacial score (nSPS) is 16.2. The Balaban J connectivity index is 2.18. The molecule has 0 saturated heterocycles. The third-order valence-electron chi connectivity index (χ3n) is 2.31. The zero-order valence-corrected chi connectivity index (χ0v) is 11.8. The third kappa shape index (κ3) is 6.81. The standard InChI is InChI=1S/C13H22N2O4/c1-13(2,3)19-12(17)14-7-5-8-15-10-18-9-4-6-11(15)16/h4,6H,5,7-10H2,1-3H3,(H,14,17). The van der Waals surface area contributed by atoms with Gasteiger partial charge in [0, 0.05) is 19.2 Å². The minimum atomic E-state index is -0.497. The third-order valence-corrected chi connectivity index (χ3v) is 2.31. The maximum atomic E-state index is 11.6. The van der Waals surface area contributed by atoms with Crippen LogP contribution in [0.3, 0.4) is 0 Å². The number of nitrogens with zero attached hydrogens (tertiary/aromatic N) is 1. The summed E-state index contributed by atoms with van der Waals surface area (Å²) < 4.78 is 10.3. The van der Waals surface area contributed by atoms with Crippen molar-refractivity contribution in [2.75, 3.05) is 26.4 Å². The van der Waals surface area contributed by atoms with Gasteiger partial charge < -0.3 is 19.7 Å². The highest BCUT2D eigenvalue weighted by Gasteiger charge is 2.16. The molecule has 2 amide bonds. The first-order valence-corrected chi connectivity index (χ1v) is 6.38. The van der Waals surface area contributed by atoms with Gasteiger partial charge in [0.05, 0.1) is 6.61 Å². The molecule has 1 heterocycles. The van der Waals surface area contributed by atoms with Crippen LogP contribution in [-0.2, 0) is 14.3 Å². The van der Waals surface area contributed by atoms with Crippen LogP contribution in [0.4, 0.5) is 4.79 Å². The highest BCUT2D eigenvalue weighted by Crippen LogP contribution is 2.06. The zero-order chi connectivity index (χ0) is 14.3. The predicted octanol–water partition coefficient (Wildman–Crippen LogP) is 1.27. The lowest BCUT2D eigenvalue weighted by atomic mass is 10.2. The van der Waals surface area contributed by atoms with Gasteiger partial charge in [0.15, 0.2) is 0 Å². The van der Waals surface area contributed by atoms with E-state index in [1.807, 2.05) is 20.8 Å². The van der Waals surface area contributed by atoms with Crippen molar-refractivity contribution in [3.05, 3.63) is 12.2 Å². The SMILES string of the molecule is CC(C)(C)OC(=O)NCCCN1COCC=CC1=O. The number of carbonyl (C=O) groups excluding carboxylic acids is 2. The lowest BCUT2D eigenvalue weighted by molar-refractivity contribution is -0.130. The second kappa shape index (κ2) is 7.13. The molecule has 6 nitrogen and oxygen atoms in total. The molecule has 0 unspecified atom stereocenters. The molecule has 1 rings (SSSR count). The van der Waals surface area contributed by atoms with Crippen LogP contribution in [-0.4, -0.2) is 48.9 Å². The minimum Gasteiger partial charge on any atom is -0.444 e. The van der Waals surface area contributed by atoms with Crippen molar-refractivity contribution in [3.8, 4) is 0 Å². The molecule has 0 aromatic heterocycles. The molecule has 0 spiro atoms. The van der Waals surface area contributed by atoms with Gasteiger partial charge in [0.25, 0.3) is 0 Å². The van der Waals surface area contributed by atoms with Gasteiger partial charge in [-0.3, -0.25) is 4.79 Å². The lowest BCUT2D eigenvalue weighted by Gasteiger charge is -2.21. The average molecular weight is 270 g/mol. The fraction of sp³-hybridized carbons (Fsp3) is 0.692. The van der Waals surface area contributed by atoms with Gasteiger partial charge in [-0.2, -0.15) is 0 Å². The molecule has 6 heteroatoms. The van der Waals surface area contributed by atoms with Crippen LogP contribution in [0.1, 0.15) is 27.2 Å². The molecule has 108 valence electrons. The molecular weight excluding hydrogens is 248 g/mol. The van der Waals surface area contributed by atoms with Gasteiger partial charge in [-0.05, 0) is 27.2 Å². The molecule has 0 bridgehead atoms. The first kappa shape index (κ1) is 15.5. The number of hydrogen-bond donors (Lipinski definition) is 1. The largest absolute Gasteiger partial charge is 0.444 e. The number of carbonyl (C=O) groups is 2. The summed E-state index contributed by atoms with van der Waals surface area (Å²) in [6.45, 7) is 7.18.